The first kappa shape index (κ1) is 26.7. The second-order valence-electron chi connectivity index (χ2n) is 9.42. The number of amides is 1. The summed E-state index contributed by atoms with van der Waals surface area (Å²) >= 11 is 12.3. The molecule has 39 heavy (non-hydrogen) atoms. The minimum absolute atomic E-state index is 0.0824. The molecule has 1 amide bonds. The van der Waals surface area contributed by atoms with Crippen molar-refractivity contribution in [3.05, 3.63) is 101 Å². The Morgan fingerprint density at radius 3 is 2.62 bits per heavy atom. The maximum Gasteiger partial charge on any atom is 0.224 e. The van der Waals surface area contributed by atoms with E-state index in [0.717, 1.165) is 34.0 Å². The van der Waals surface area contributed by atoms with Crippen LogP contribution in [0.15, 0.2) is 72.9 Å². The number of anilines is 2. The van der Waals surface area contributed by atoms with Crippen molar-refractivity contribution in [1.82, 2.24) is 14.9 Å². The van der Waals surface area contributed by atoms with Crippen LogP contribution in [0.1, 0.15) is 48.1 Å². The zero-order chi connectivity index (χ0) is 27.7. The van der Waals surface area contributed by atoms with Gasteiger partial charge in [0, 0.05) is 46.5 Å². The summed E-state index contributed by atoms with van der Waals surface area (Å²) in [6, 6.07) is 21.3. The lowest BCUT2D eigenvalue weighted by Gasteiger charge is -2.29. The first-order chi connectivity index (χ1) is 18.8. The molecular formula is C30H30ClN5O2S. The van der Waals surface area contributed by atoms with Gasteiger partial charge in [0.2, 0.25) is 5.91 Å². The maximum absolute atomic E-state index is 12.1. The number of methoxy groups -OCH3 is 1. The Morgan fingerprint density at radius 1 is 1.10 bits per heavy atom. The summed E-state index contributed by atoms with van der Waals surface area (Å²) in [5, 5.41) is 7.69. The number of nitrogens with one attached hydrogen (secondary N) is 2. The number of nitrogens with zero attached hydrogens (tertiary/aromatic N) is 3. The number of halogens is 1. The van der Waals surface area contributed by atoms with E-state index in [1.807, 2.05) is 61.5 Å². The van der Waals surface area contributed by atoms with Crippen LogP contribution in [0.3, 0.4) is 0 Å². The average Bonchev–Trinajstić information content (AvgIpc) is 3.43. The van der Waals surface area contributed by atoms with E-state index in [0.29, 0.717) is 28.0 Å². The standard InChI is InChI=1S/C30H30ClN5O2S/c1-5-27(37)33-24-13-12-22(17-26(24)38-4)36-29(28(34-30(36)39)25-11-6-7-14-32-25)23-15-18(2)35(19(23)3)21-10-8-9-20(31)16-21/h6-17,28-29H,5H2,1-4H3,(H,33,37)(H,34,39)/t28-,29-/m0/s1. The molecular weight excluding hydrogens is 530 g/mol. The predicted octanol–water partition coefficient (Wildman–Crippen LogP) is 6.68. The molecule has 1 fully saturated rings. The summed E-state index contributed by atoms with van der Waals surface area (Å²) in [5.41, 5.74) is 6.61. The third-order valence-electron chi connectivity index (χ3n) is 7.01. The maximum atomic E-state index is 12.1. The number of benzene rings is 2. The molecule has 1 aliphatic rings. The molecule has 0 spiro atoms. The van der Waals surface area contributed by atoms with Crippen LogP contribution < -0.4 is 20.3 Å². The van der Waals surface area contributed by atoms with Crippen LogP contribution in [-0.2, 0) is 4.79 Å². The van der Waals surface area contributed by atoms with Gasteiger partial charge < -0.3 is 24.8 Å². The first-order valence-corrected chi connectivity index (χ1v) is 13.5. The molecule has 2 aromatic carbocycles. The third-order valence-corrected chi connectivity index (χ3v) is 7.56. The van der Waals surface area contributed by atoms with Gasteiger partial charge in [-0.05, 0) is 80.2 Å². The normalized spacial score (nSPS) is 16.7. The Labute approximate surface area is 238 Å². The van der Waals surface area contributed by atoms with E-state index in [-0.39, 0.29) is 18.0 Å². The Kier molecular flexibility index (Phi) is 7.59. The molecule has 1 saturated heterocycles. The summed E-state index contributed by atoms with van der Waals surface area (Å²) in [4.78, 5) is 18.8. The zero-order valence-corrected chi connectivity index (χ0v) is 23.8. The van der Waals surface area contributed by atoms with Crippen molar-refractivity contribution < 1.29 is 9.53 Å². The highest BCUT2D eigenvalue weighted by Crippen LogP contribution is 2.45. The molecule has 4 aromatic rings. The highest BCUT2D eigenvalue weighted by molar-refractivity contribution is 7.80. The quantitative estimate of drug-likeness (QED) is 0.246. The number of thiocarbonyl (C=S) groups is 1. The number of rotatable bonds is 7. The summed E-state index contributed by atoms with van der Waals surface area (Å²) in [7, 11) is 1.59. The van der Waals surface area contributed by atoms with Crippen molar-refractivity contribution in [1.29, 1.82) is 0 Å². The van der Waals surface area contributed by atoms with Crippen LogP contribution in [0, 0.1) is 13.8 Å². The molecule has 2 aromatic heterocycles. The number of hydrogen-bond donors (Lipinski definition) is 2. The van der Waals surface area contributed by atoms with Crippen LogP contribution in [0.2, 0.25) is 5.02 Å². The number of hydrogen-bond acceptors (Lipinski definition) is 4. The Balaban J connectivity index is 1.65. The molecule has 5 rings (SSSR count). The summed E-state index contributed by atoms with van der Waals surface area (Å²) in [6.07, 6.45) is 2.17. The van der Waals surface area contributed by atoms with Crippen molar-refractivity contribution in [3.63, 3.8) is 0 Å². The Hall–Kier alpha value is -3.88. The SMILES string of the molecule is CCC(=O)Nc1ccc(N2C(=S)N[C@@H](c3ccccn3)[C@@H]2c2cc(C)n(-c3cccc(Cl)c3)c2C)cc1OC. The fourth-order valence-electron chi connectivity index (χ4n) is 5.22. The lowest BCUT2D eigenvalue weighted by molar-refractivity contribution is -0.115. The monoisotopic (exact) mass is 559 g/mol. The number of ether oxygens (including phenoxy) is 1. The molecule has 200 valence electrons. The van der Waals surface area contributed by atoms with Crippen molar-refractivity contribution in [2.75, 3.05) is 17.3 Å². The molecule has 7 nitrogen and oxygen atoms in total. The highest BCUT2D eigenvalue weighted by Gasteiger charge is 2.42. The second kappa shape index (κ2) is 11.1. The van der Waals surface area contributed by atoms with Crippen molar-refractivity contribution in [2.45, 2.75) is 39.3 Å². The van der Waals surface area contributed by atoms with Gasteiger partial charge in [0.05, 0.1) is 30.6 Å². The van der Waals surface area contributed by atoms with Crippen LogP contribution in [0.25, 0.3) is 5.69 Å². The van der Waals surface area contributed by atoms with Gasteiger partial charge in [0.1, 0.15) is 5.75 Å². The van der Waals surface area contributed by atoms with Crippen LogP contribution in [-0.4, -0.2) is 27.7 Å². The lowest BCUT2D eigenvalue weighted by atomic mass is 9.96. The smallest absolute Gasteiger partial charge is 0.224 e. The van der Waals surface area contributed by atoms with Gasteiger partial charge in [-0.2, -0.15) is 0 Å². The lowest BCUT2D eigenvalue weighted by Crippen LogP contribution is -2.29. The number of aromatic nitrogens is 2. The number of carbonyl (C=O) groups excluding carboxylic acids is 1. The predicted molar refractivity (Wildman–Crippen MR) is 160 cm³/mol. The van der Waals surface area contributed by atoms with E-state index < -0.39 is 0 Å². The molecule has 0 aliphatic carbocycles. The molecule has 2 N–H and O–H groups in total. The Bertz CT molecular complexity index is 1540. The largest absolute Gasteiger partial charge is 0.494 e. The van der Waals surface area contributed by atoms with Crippen LogP contribution in [0.4, 0.5) is 11.4 Å². The van der Waals surface area contributed by atoms with Crippen molar-refractivity contribution >= 4 is 46.2 Å². The van der Waals surface area contributed by atoms with Gasteiger partial charge in [-0.15, -0.1) is 0 Å². The van der Waals surface area contributed by atoms with Crippen LogP contribution >= 0.6 is 23.8 Å². The van der Waals surface area contributed by atoms with E-state index in [9.17, 15) is 4.79 Å². The minimum atomic E-state index is -0.202. The van der Waals surface area contributed by atoms with Gasteiger partial charge >= 0.3 is 0 Å². The summed E-state index contributed by atoms with van der Waals surface area (Å²) in [6.45, 7) is 6.02. The fraction of sp³-hybridized carbons (Fsp3) is 0.233. The molecule has 9 heteroatoms. The number of aryl methyl sites for hydroxylation is 1. The topological polar surface area (TPSA) is 71.4 Å². The van der Waals surface area contributed by atoms with Crippen LogP contribution in [0.5, 0.6) is 5.75 Å². The van der Waals surface area contributed by atoms with E-state index in [1.54, 1.807) is 13.3 Å². The second-order valence-corrected chi connectivity index (χ2v) is 10.2. The molecule has 1 aliphatic heterocycles. The zero-order valence-electron chi connectivity index (χ0n) is 22.2. The summed E-state index contributed by atoms with van der Waals surface area (Å²) in [5.74, 6) is 0.475. The number of pyridine rings is 1. The van der Waals surface area contributed by atoms with Gasteiger partial charge in [-0.1, -0.05) is 30.7 Å². The summed E-state index contributed by atoms with van der Waals surface area (Å²) < 4.78 is 7.87. The van der Waals surface area contributed by atoms with E-state index in [1.165, 1.54) is 0 Å². The molecule has 0 saturated carbocycles. The highest BCUT2D eigenvalue weighted by atomic mass is 35.5. The first-order valence-electron chi connectivity index (χ1n) is 12.8. The van der Waals surface area contributed by atoms with Crippen molar-refractivity contribution in [3.8, 4) is 11.4 Å². The molecule has 0 unspecified atom stereocenters. The van der Waals surface area contributed by atoms with Gasteiger partial charge in [-0.3, -0.25) is 9.78 Å². The van der Waals surface area contributed by atoms with Gasteiger partial charge in [0.15, 0.2) is 5.11 Å². The Morgan fingerprint density at radius 2 is 1.92 bits per heavy atom. The fourth-order valence-corrected chi connectivity index (χ4v) is 5.75. The molecule has 3 heterocycles. The van der Waals surface area contributed by atoms with Crippen molar-refractivity contribution in [2.24, 2.45) is 0 Å². The van der Waals surface area contributed by atoms with Gasteiger partial charge in [-0.25, -0.2) is 0 Å². The average molecular weight is 560 g/mol. The van der Waals surface area contributed by atoms with E-state index in [2.05, 4.69) is 51.1 Å². The molecule has 0 bridgehead atoms. The molecule has 2 atom stereocenters. The third kappa shape index (κ3) is 5.10. The van der Waals surface area contributed by atoms with Gasteiger partial charge in [0.25, 0.3) is 0 Å². The van der Waals surface area contributed by atoms with E-state index >= 15 is 0 Å². The minimum Gasteiger partial charge on any atom is -0.494 e. The number of carbonyl (C=O) groups is 1. The molecule has 0 radical (unpaired) electrons. The van der Waals surface area contributed by atoms with E-state index in [4.69, 9.17) is 28.6 Å².